The zero-order valence-electron chi connectivity index (χ0n) is 9.17. The van der Waals surface area contributed by atoms with Gasteiger partial charge in [-0.15, -0.1) is 0 Å². The van der Waals surface area contributed by atoms with Crippen LogP contribution in [-0.2, 0) is 6.32 Å². The van der Waals surface area contributed by atoms with Crippen LogP contribution in [0.5, 0.6) is 0 Å². The summed E-state index contributed by atoms with van der Waals surface area (Å²) in [5.41, 5.74) is 4.27. The lowest BCUT2D eigenvalue weighted by atomic mass is 9.63. The Morgan fingerprint density at radius 2 is 2.13 bits per heavy atom. The summed E-state index contributed by atoms with van der Waals surface area (Å²) < 4.78 is 0. The summed E-state index contributed by atoms with van der Waals surface area (Å²) in [7, 11) is 0. The molecule has 0 amide bonds. The van der Waals surface area contributed by atoms with Crippen LogP contribution >= 0.6 is 11.5 Å². The zero-order valence-corrected chi connectivity index (χ0v) is 9.93. The maximum atomic E-state index is 6.24. The van der Waals surface area contributed by atoms with Gasteiger partial charge in [-0.3, -0.25) is 0 Å². The summed E-state index contributed by atoms with van der Waals surface area (Å²) >= 11 is 6.24. The van der Waals surface area contributed by atoms with E-state index in [1.807, 2.05) is 0 Å². The maximum Gasteiger partial charge on any atom is 0.280 e. The van der Waals surface area contributed by atoms with Crippen molar-refractivity contribution in [2.45, 2.75) is 32.5 Å². The quantitative estimate of drug-likeness (QED) is 0.670. The number of unbranched alkanes of at least 4 members (excludes halogenated alkanes) is 1. The summed E-state index contributed by atoms with van der Waals surface area (Å²) in [5.74, 6) is 2.24. The zero-order chi connectivity index (χ0) is 10.7. The van der Waals surface area contributed by atoms with E-state index in [2.05, 4.69) is 37.2 Å². The van der Waals surface area contributed by atoms with Crippen LogP contribution in [0, 0.1) is 0 Å². The van der Waals surface area contributed by atoms with E-state index in [4.69, 9.17) is 11.5 Å². The van der Waals surface area contributed by atoms with E-state index in [0.29, 0.717) is 0 Å². The standard InChI is InChI=1S/C13H16BCl/c1-2-3-6-11-9-14(15)10-12-7-4-5-8-13(11)12/h4-5,7-9H,2-3,6,10H2,1H3. The molecule has 0 saturated carbocycles. The second-order valence-electron chi connectivity index (χ2n) is 4.17. The molecule has 0 bridgehead atoms. The number of fused-ring (bicyclic) bond motifs is 1. The van der Waals surface area contributed by atoms with Gasteiger partial charge in [0.2, 0.25) is 0 Å². The van der Waals surface area contributed by atoms with E-state index in [1.165, 1.54) is 29.5 Å². The topological polar surface area (TPSA) is 0 Å². The molecule has 0 spiro atoms. The highest BCUT2D eigenvalue weighted by Gasteiger charge is 2.19. The number of halogens is 1. The minimum absolute atomic E-state index is 0.187. The summed E-state index contributed by atoms with van der Waals surface area (Å²) in [5, 5.41) is 0. The van der Waals surface area contributed by atoms with E-state index in [0.717, 1.165) is 12.7 Å². The predicted octanol–water partition coefficient (Wildman–Crippen LogP) is 4.13. The lowest BCUT2D eigenvalue weighted by Crippen LogP contribution is -2.14. The van der Waals surface area contributed by atoms with Crippen molar-refractivity contribution in [2.24, 2.45) is 0 Å². The molecule has 1 aromatic rings. The highest BCUT2D eigenvalue weighted by atomic mass is 35.5. The number of hydrogen-bond donors (Lipinski definition) is 0. The Bertz CT molecular complexity index is 371. The number of rotatable bonds is 3. The molecule has 0 N–H and O–H groups in total. The second kappa shape index (κ2) is 4.89. The Labute approximate surface area is 97.3 Å². The molecule has 1 aromatic carbocycles. The van der Waals surface area contributed by atoms with Gasteiger partial charge in [0.25, 0.3) is 6.13 Å². The van der Waals surface area contributed by atoms with Crippen molar-refractivity contribution in [1.82, 2.24) is 0 Å². The van der Waals surface area contributed by atoms with E-state index < -0.39 is 0 Å². The molecule has 1 aliphatic heterocycles. The van der Waals surface area contributed by atoms with Crippen LogP contribution in [0.1, 0.15) is 37.3 Å². The Morgan fingerprint density at radius 1 is 1.33 bits per heavy atom. The van der Waals surface area contributed by atoms with Gasteiger partial charge in [0, 0.05) is 0 Å². The maximum absolute atomic E-state index is 6.24. The average molecular weight is 219 g/mol. The molecule has 0 aliphatic carbocycles. The highest BCUT2D eigenvalue weighted by Crippen LogP contribution is 2.30. The van der Waals surface area contributed by atoms with Crippen molar-refractivity contribution in [3.8, 4) is 0 Å². The SMILES string of the molecule is CCCCC1=CB(Cl)Cc2ccccc21. The van der Waals surface area contributed by atoms with Gasteiger partial charge in [0.1, 0.15) is 0 Å². The molecular formula is C13H16BCl. The molecule has 1 aliphatic rings. The predicted molar refractivity (Wildman–Crippen MR) is 69.3 cm³/mol. The third kappa shape index (κ3) is 2.46. The smallest absolute Gasteiger partial charge is 0.189 e. The first kappa shape index (κ1) is 10.8. The summed E-state index contributed by atoms with van der Waals surface area (Å²) in [6.07, 6.45) is 4.83. The summed E-state index contributed by atoms with van der Waals surface area (Å²) in [6, 6.07) is 8.64. The Balaban J connectivity index is 2.27. The van der Waals surface area contributed by atoms with Crippen LogP contribution in [0.2, 0.25) is 0 Å². The van der Waals surface area contributed by atoms with Crippen molar-refractivity contribution in [3.05, 3.63) is 41.4 Å². The summed E-state index contributed by atoms with van der Waals surface area (Å²) in [6.45, 7) is 2.23. The van der Waals surface area contributed by atoms with Gasteiger partial charge in [-0.2, -0.15) is 11.5 Å². The van der Waals surface area contributed by atoms with Crippen LogP contribution in [0.15, 0.2) is 30.2 Å². The molecule has 0 aromatic heterocycles. The van der Waals surface area contributed by atoms with Crippen molar-refractivity contribution in [2.75, 3.05) is 0 Å². The van der Waals surface area contributed by atoms with Gasteiger partial charge in [0.15, 0.2) is 0 Å². The first-order chi connectivity index (χ1) is 7.31. The van der Waals surface area contributed by atoms with Crippen molar-refractivity contribution < 1.29 is 0 Å². The first-order valence-electron chi connectivity index (χ1n) is 5.74. The van der Waals surface area contributed by atoms with E-state index in [9.17, 15) is 0 Å². The lowest BCUT2D eigenvalue weighted by Gasteiger charge is -2.19. The fraction of sp³-hybridized carbons (Fsp3) is 0.385. The minimum Gasteiger partial charge on any atom is -0.189 e. The van der Waals surface area contributed by atoms with Crippen LogP contribution in [0.4, 0.5) is 0 Å². The Morgan fingerprint density at radius 3 is 2.93 bits per heavy atom. The molecule has 2 heteroatoms. The normalized spacial score (nSPS) is 14.8. The average Bonchev–Trinajstić information content (AvgIpc) is 2.25. The Hall–Kier alpha value is -0.685. The van der Waals surface area contributed by atoms with Gasteiger partial charge in [-0.25, -0.2) is 0 Å². The fourth-order valence-corrected chi connectivity index (χ4v) is 2.49. The third-order valence-corrected chi connectivity index (χ3v) is 3.24. The van der Waals surface area contributed by atoms with Crippen molar-refractivity contribution in [1.29, 1.82) is 0 Å². The number of allylic oxidation sites excluding steroid dienone is 1. The van der Waals surface area contributed by atoms with Crippen LogP contribution in [-0.4, -0.2) is 6.13 Å². The minimum atomic E-state index is 0.187. The lowest BCUT2D eigenvalue weighted by molar-refractivity contribution is 0.823. The van der Waals surface area contributed by atoms with Gasteiger partial charge in [0.05, 0.1) is 0 Å². The second-order valence-corrected chi connectivity index (χ2v) is 4.73. The third-order valence-electron chi connectivity index (χ3n) is 2.96. The van der Waals surface area contributed by atoms with Gasteiger partial charge in [-0.1, -0.05) is 49.2 Å². The van der Waals surface area contributed by atoms with Gasteiger partial charge < -0.3 is 0 Å². The highest BCUT2D eigenvalue weighted by molar-refractivity contribution is 7.10. The first-order valence-corrected chi connectivity index (χ1v) is 6.18. The molecule has 0 saturated heterocycles. The largest absolute Gasteiger partial charge is 0.280 e. The van der Waals surface area contributed by atoms with Crippen LogP contribution in [0.25, 0.3) is 5.57 Å². The van der Waals surface area contributed by atoms with Crippen molar-refractivity contribution in [3.63, 3.8) is 0 Å². The molecule has 2 rings (SSSR count). The van der Waals surface area contributed by atoms with Gasteiger partial charge in [-0.05, 0) is 30.3 Å². The van der Waals surface area contributed by atoms with E-state index in [1.54, 1.807) is 0 Å². The molecular weight excluding hydrogens is 202 g/mol. The monoisotopic (exact) mass is 218 g/mol. The van der Waals surface area contributed by atoms with Crippen molar-refractivity contribution >= 4 is 23.2 Å². The van der Waals surface area contributed by atoms with Gasteiger partial charge >= 0.3 is 0 Å². The molecule has 1 heterocycles. The number of benzene rings is 1. The van der Waals surface area contributed by atoms with Crippen LogP contribution in [0.3, 0.4) is 0 Å². The van der Waals surface area contributed by atoms with E-state index >= 15 is 0 Å². The molecule has 78 valence electrons. The molecule has 0 unspecified atom stereocenters. The Kier molecular flexibility index (Phi) is 3.53. The number of hydrogen-bond acceptors (Lipinski definition) is 0. The molecule has 0 fully saturated rings. The fourth-order valence-electron chi connectivity index (χ4n) is 2.17. The molecule has 0 nitrogen and oxygen atoms in total. The van der Waals surface area contributed by atoms with E-state index in [-0.39, 0.29) is 6.13 Å². The molecule has 0 atom stereocenters. The molecule has 0 radical (unpaired) electrons. The van der Waals surface area contributed by atoms with Crippen LogP contribution < -0.4 is 0 Å². The molecule has 15 heavy (non-hydrogen) atoms. The summed E-state index contributed by atoms with van der Waals surface area (Å²) in [4.78, 5) is 0.